The molecule has 0 aromatic heterocycles. The molecular weight excluding hydrogens is 211 g/mol. The maximum atomic E-state index is 13.7. The van der Waals surface area contributed by atoms with Crippen LogP contribution in [0.2, 0.25) is 0 Å². The van der Waals surface area contributed by atoms with Crippen LogP contribution in [0.3, 0.4) is 0 Å². The van der Waals surface area contributed by atoms with Gasteiger partial charge in [-0.3, -0.25) is 4.79 Å². The van der Waals surface area contributed by atoms with Crippen molar-refractivity contribution in [2.45, 2.75) is 19.3 Å². The van der Waals surface area contributed by atoms with Crippen LogP contribution >= 0.6 is 0 Å². The number of methoxy groups -OCH3 is 2. The smallest absolute Gasteiger partial charge is 0.166 e. The Kier molecular flexibility index (Phi) is 2.81. The summed E-state index contributed by atoms with van der Waals surface area (Å²) in [6.07, 6.45) is 1.78. The molecule has 0 unspecified atom stereocenters. The number of fused-ring (bicyclic) bond motifs is 1. The molecule has 0 aliphatic heterocycles. The lowest BCUT2D eigenvalue weighted by Crippen LogP contribution is -2.15. The zero-order valence-electron chi connectivity index (χ0n) is 9.30. The van der Waals surface area contributed by atoms with Crippen LogP contribution < -0.4 is 9.47 Å². The molecule has 2 rings (SSSR count). The Morgan fingerprint density at radius 2 is 2.00 bits per heavy atom. The number of hydrogen-bond acceptors (Lipinski definition) is 3. The highest BCUT2D eigenvalue weighted by Crippen LogP contribution is 2.38. The molecule has 1 aromatic rings. The average Bonchev–Trinajstić information content (AvgIpc) is 2.28. The van der Waals surface area contributed by atoms with Gasteiger partial charge in [0.2, 0.25) is 0 Å². The van der Waals surface area contributed by atoms with Gasteiger partial charge in [0, 0.05) is 18.1 Å². The summed E-state index contributed by atoms with van der Waals surface area (Å²) in [5.74, 6) is 0.150. The minimum Gasteiger partial charge on any atom is -0.493 e. The summed E-state index contributed by atoms with van der Waals surface area (Å²) in [5.41, 5.74) is 0.805. The van der Waals surface area contributed by atoms with Crippen molar-refractivity contribution in [3.63, 3.8) is 0 Å². The lowest BCUT2D eigenvalue weighted by Gasteiger charge is -2.20. The quantitative estimate of drug-likeness (QED) is 0.773. The second-order valence-corrected chi connectivity index (χ2v) is 3.72. The van der Waals surface area contributed by atoms with Crippen LogP contribution in [0.15, 0.2) is 6.07 Å². The summed E-state index contributed by atoms with van der Waals surface area (Å²) in [4.78, 5) is 11.6. The van der Waals surface area contributed by atoms with Gasteiger partial charge in [-0.05, 0) is 12.8 Å². The van der Waals surface area contributed by atoms with Gasteiger partial charge < -0.3 is 9.47 Å². The molecule has 0 radical (unpaired) electrons. The van der Waals surface area contributed by atoms with Crippen LogP contribution in [0, 0.1) is 5.82 Å². The highest BCUT2D eigenvalue weighted by Gasteiger charge is 2.27. The van der Waals surface area contributed by atoms with Crippen LogP contribution in [-0.4, -0.2) is 20.0 Å². The van der Waals surface area contributed by atoms with E-state index in [1.54, 1.807) is 0 Å². The lowest BCUT2D eigenvalue weighted by atomic mass is 9.89. The van der Waals surface area contributed by atoms with Crippen LogP contribution in [0.5, 0.6) is 11.5 Å². The Hall–Kier alpha value is -1.58. The number of rotatable bonds is 2. The van der Waals surface area contributed by atoms with E-state index in [-0.39, 0.29) is 11.3 Å². The fourth-order valence-corrected chi connectivity index (χ4v) is 2.13. The third-order valence-corrected chi connectivity index (χ3v) is 2.83. The Labute approximate surface area is 93.2 Å². The highest BCUT2D eigenvalue weighted by atomic mass is 19.1. The number of benzene rings is 1. The summed E-state index contributed by atoms with van der Waals surface area (Å²) < 4.78 is 24.0. The highest BCUT2D eigenvalue weighted by molar-refractivity contribution is 5.99. The molecule has 3 nitrogen and oxygen atoms in total. The van der Waals surface area contributed by atoms with Crippen molar-refractivity contribution in [1.82, 2.24) is 0 Å². The van der Waals surface area contributed by atoms with Crippen molar-refractivity contribution in [3.8, 4) is 11.5 Å². The number of halogens is 1. The summed E-state index contributed by atoms with van der Waals surface area (Å²) in [7, 11) is 2.95. The van der Waals surface area contributed by atoms with Crippen LogP contribution in [0.4, 0.5) is 4.39 Å². The molecule has 0 spiro atoms. The summed E-state index contributed by atoms with van der Waals surface area (Å²) >= 11 is 0. The van der Waals surface area contributed by atoms with E-state index in [2.05, 4.69) is 0 Å². The predicted molar refractivity (Wildman–Crippen MR) is 56.8 cm³/mol. The molecule has 0 amide bonds. The predicted octanol–water partition coefficient (Wildman–Crippen LogP) is 2.36. The third kappa shape index (κ3) is 1.54. The van der Waals surface area contributed by atoms with Crippen molar-refractivity contribution in [3.05, 3.63) is 23.0 Å². The maximum absolute atomic E-state index is 13.7. The third-order valence-electron chi connectivity index (χ3n) is 2.83. The number of ether oxygens (including phenoxy) is 2. The summed E-state index contributed by atoms with van der Waals surface area (Å²) in [6, 6.07) is 1.21. The molecule has 1 aliphatic carbocycles. The normalized spacial score (nSPS) is 14.6. The fourth-order valence-electron chi connectivity index (χ4n) is 2.13. The Bertz CT molecular complexity index is 440. The molecule has 16 heavy (non-hydrogen) atoms. The van der Waals surface area contributed by atoms with Gasteiger partial charge in [-0.25, -0.2) is 4.39 Å². The van der Waals surface area contributed by atoms with Crippen molar-refractivity contribution in [2.75, 3.05) is 14.2 Å². The summed E-state index contributed by atoms with van der Waals surface area (Å²) in [5, 5.41) is 0. The zero-order valence-corrected chi connectivity index (χ0v) is 9.30. The first-order valence-electron chi connectivity index (χ1n) is 5.15. The molecule has 0 atom stereocenters. The molecule has 0 saturated heterocycles. The largest absolute Gasteiger partial charge is 0.493 e. The van der Waals surface area contributed by atoms with Gasteiger partial charge in [0.25, 0.3) is 0 Å². The van der Waals surface area contributed by atoms with E-state index < -0.39 is 5.82 Å². The topological polar surface area (TPSA) is 35.5 Å². The zero-order chi connectivity index (χ0) is 11.7. The van der Waals surface area contributed by atoms with Gasteiger partial charge >= 0.3 is 0 Å². The van der Waals surface area contributed by atoms with E-state index in [1.807, 2.05) is 0 Å². The molecule has 0 fully saturated rings. The van der Waals surface area contributed by atoms with Crippen LogP contribution in [-0.2, 0) is 6.42 Å². The molecular formula is C12H13FO3. The molecule has 86 valence electrons. The van der Waals surface area contributed by atoms with Gasteiger partial charge in [0.1, 0.15) is 5.82 Å². The van der Waals surface area contributed by atoms with E-state index in [0.717, 1.165) is 6.42 Å². The molecule has 0 N–H and O–H groups in total. The standard InChI is InChI=1S/C12H13FO3/c1-15-10-6-8(13)11-7(12(10)16-2)4-3-5-9(11)14/h6H,3-5H2,1-2H3. The van der Waals surface area contributed by atoms with Crippen molar-refractivity contribution >= 4 is 5.78 Å². The van der Waals surface area contributed by atoms with Gasteiger partial charge in [-0.1, -0.05) is 0 Å². The molecule has 0 saturated carbocycles. The number of ketones is 1. The van der Waals surface area contributed by atoms with Gasteiger partial charge in [-0.15, -0.1) is 0 Å². The Morgan fingerprint density at radius 3 is 2.62 bits per heavy atom. The number of carbonyl (C=O) groups is 1. The molecule has 0 bridgehead atoms. The van der Waals surface area contributed by atoms with Crippen molar-refractivity contribution in [2.24, 2.45) is 0 Å². The van der Waals surface area contributed by atoms with Crippen molar-refractivity contribution in [1.29, 1.82) is 0 Å². The van der Waals surface area contributed by atoms with E-state index in [0.29, 0.717) is 29.9 Å². The molecule has 0 heterocycles. The second kappa shape index (κ2) is 4.12. The first-order chi connectivity index (χ1) is 7.69. The first kappa shape index (κ1) is 10.9. The van der Waals surface area contributed by atoms with Crippen LogP contribution in [0.25, 0.3) is 0 Å². The molecule has 1 aromatic carbocycles. The van der Waals surface area contributed by atoms with E-state index in [4.69, 9.17) is 9.47 Å². The SMILES string of the molecule is COc1cc(F)c2c(c1OC)CCCC2=O. The van der Waals surface area contributed by atoms with Gasteiger partial charge in [-0.2, -0.15) is 0 Å². The Balaban J connectivity index is 2.69. The van der Waals surface area contributed by atoms with Gasteiger partial charge in [0.05, 0.1) is 19.8 Å². The van der Waals surface area contributed by atoms with E-state index in [9.17, 15) is 9.18 Å². The number of carbonyl (C=O) groups excluding carboxylic acids is 1. The first-order valence-corrected chi connectivity index (χ1v) is 5.15. The minimum absolute atomic E-state index is 0.153. The maximum Gasteiger partial charge on any atom is 0.166 e. The monoisotopic (exact) mass is 224 g/mol. The summed E-state index contributed by atoms with van der Waals surface area (Å²) in [6.45, 7) is 0. The Morgan fingerprint density at radius 1 is 1.25 bits per heavy atom. The minimum atomic E-state index is -0.516. The number of Topliss-reactive ketones (excluding diaryl/α,β-unsaturated/α-hetero) is 1. The van der Waals surface area contributed by atoms with E-state index >= 15 is 0 Å². The average molecular weight is 224 g/mol. The number of hydrogen-bond donors (Lipinski definition) is 0. The van der Waals surface area contributed by atoms with Crippen molar-refractivity contribution < 1.29 is 18.7 Å². The van der Waals surface area contributed by atoms with Crippen LogP contribution in [0.1, 0.15) is 28.8 Å². The molecule has 1 aliphatic rings. The fraction of sp³-hybridized carbons (Fsp3) is 0.417. The second-order valence-electron chi connectivity index (χ2n) is 3.72. The van der Waals surface area contributed by atoms with E-state index in [1.165, 1.54) is 20.3 Å². The lowest BCUT2D eigenvalue weighted by molar-refractivity contribution is 0.0967. The molecule has 4 heteroatoms. The van der Waals surface area contributed by atoms with Gasteiger partial charge in [0.15, 0.2) is 17.3 Å².